The summed E-state index contributed by atoms with van der Waals surface area (Å²) in [6.07, 6.45) is 4.36. The van der Waals surface area contributed by atoms with Gasteiger partial charge in [-0.3, -0.25) is 4.79 Å². The fourth-order valence-electron chi connectivity index (χ4n) is 3.94. The van der Waals surface area contributed by atoms with E-state index in [2.05, 4.69) is 15.6 Å². The lowest BCUT2D eigenvalue weighted by molar-refractivity contribution is 0.0922. The van der Waals surface area contributed by atoms with Crippen molar-refractivity contribution in [1.82, 2.24) is 20.2 Å². The number of alkyl halides is 2. The summed E-state index contributed by atoms with van der Waals surface area (Å²) < 4.78 is 32.4. The molecular weight excluding hydrogens is 366 g/mol. The molecule has 1 aliphatic heterocycles. The van der Waals surface area contributed by atoms with Crippen molar-refractivity contribution in [3.63, 3.8) is 0 Å². The number of carbonyl (C=O) groups excluding carboxylic acids is 1. The monoisotopic (exact) mass is 390 g/mol. The highest BCUT2D eigenvalue weighted by molar-refractivity contribution is 5.96. The molecule has 0 atom stereocenters. The van der Waals surface area contributed by atoms with Crippen LogP contribution < -0.4 is 15.4 Å². The predicted octanol–water partition coefficient (Wildman–Crippen LogP) is 2.84. The van der Waals surface area contributed by atoms with Crippen LogP contribution in [0, 0.1) is 0 Å². The largest absolute Gasteiger partial charge is 0.491 e. The molecule has 0 saturated heterocycles. The van der Waals surface area contributed by atoms with Gasteiger partial charge in [0.1, 0.15) is 12.4 Å². The van der Waals surface area contributed by atoms with Crippen molar-refractivity contribution in [2.75, 3.05) is 13.2 Å². The number of amides is 1. The van der Waals surface area contributed by atoms with Gasteiger partial charge in [0.05, 0.1) is 31.3 Å². The summed E-state index contributed by atoms with van der Waals surface area (Å²) in [6, 6.07) is 5.62. The fraction of sp³-hybridized carbons (Fsp3) is 0.500. The summed E-state index contributed by atoms with van der Waals surface area (Å²) in [6.45, 7) is 1.01. The first-order chi connectivity index (χ1) is 13.6. The molecule has 1 saturated carbocycles. The van der Waals surface area contributed by atoms with Gasteiger partial charge in [0.2, 0.25) is 0 Å². The molecule has 0 radical (unpaired) electrons. The zero-order chi connectivity index (χ0) is 19.5. The van der Waals surface area contributed by atoms with E-state index in [1.54, 1.807) is 18.6 Å². The SMILES string of the molecule is O=C(NC1CCC(NCC(F)F)CC1)c1ccc2c(c1)-c1cncn1CCO2. The van der Waals surface area contributed by atoms with Crippen LogP contribution in [0.5, 0.6) is 5.75 Å². The third-order valence-corrected chi connectivity index (χ3v) is 5.44. The van der Waals surface area contributed by atoms with Crippen LogP contribution in [0.25, 0.3) is 11.3 Å². The van der Waals surface area contributed by atoms with Crippen molar-refractivity contribution in [1.29, 1.82) is 0 Å². The maximum atomic E-state index is 12.7. The Morgan fingerprint density at radius 2 is 2.04 bits per heavy atom. The number of nitrogens with zero attached hydrogens (tertiary/aromatic N) is 2. The van der Waals surface area contributed by atoms with E-state index in [1.807, 2.05) is 16.7 Å². The van der Waals surface area contributed by atoms with Crippen molar-refractivity contribution in [3.8, 4) is 17.0 Å². The van der Waals surface area contributed by atoms with E-state index in [4.69, 9.17) is 4.74 Å². The van der Waals surface area contributed by atoms with Crippen molar-refractivity contribution in [2.45, 2.75) is 50.7 Å². The summed E-state index contributed by atoms with van der Waals surface area (Å²) in [4.78, 5) is 16.9. The average molecular weight is 390 g/mol. The second kappa shape index (κ2) is 8.26. The lowest BCUT2D eigenvalue weighted by atomic mass is 9.91. The van der Waals surface area contributed by atoms with E-state index >= 15 is 0 Å². The lowest BCUT2D eigenvalue weighted by Crippen LogP contribution is -2.43. The highest BCUT2D eigenvalue weighted by Gasteiger charge is 2.24. The van der Waals surface area contributed by atoms with Gasteiger partial charge < -0.3 is 19.9 Å². The Hall–Kier alpha value is -2.48. The number of nitrogens with one attached hydrogen (secondary N) is 2. The average Bonchev–Trinajstić information content (AvgIpc) is 3.09. The second-order valence-corrected chi connectivity index (χ2v) is 7.35. The summed E-state index contributed by atoms with van der Waals surface area (Å²) in [5.41, 5.74) is 2.38. The molecule has 1 amide bonds. The topological polar surface area (TPSA) is 68.2 Å². The molecule has 0 bridgehead atoms. The molecule has 2 heterocycles. The van der Waals surface area contributed by atoms with Crippen LogP contribution in [0.3, 0.4) is 0 Å². The number of hydrogen-bond donors (Lipinski definition) is 2. The number of aromatic nitrogens is 2. The minimum Gasteiger partial charge on any atom is -0.491 e. The van der Waals surface area contributed by atoms with Gasteiger partial charge in [0.25, 0.3) is 12.3 Å². The van der Waals surface area contributed by atoms with Crippen molar-refractivity contribution >= 4 is 5.91 Å². The van der Waals surface area contributed by atoms with Gasteiger partial charge in [-0.1, -0.05) is 0 Å². The third kappa shape index (κ3) is 4.16. The zero-order valence-corrected chi connectivity index (χ0v) is 15.5. The summed E-state index contributed by atoms with van der Waals surface area (Å²) in [5.74, 6) is 0.628. The molecule has 0 unspecified atom stereocenters. The molecule has 1 aromatic carbocycles. The quantitative estimate of drug-likeness (QED) is 0.824. The highest BCUT2D eigenvalue weighted by Crippen LogP contribution is 2.33. The molecule has 1 aromatic heterocycles. The van der Waals surface area contributed by atoms with Gasteiger partial charge in [-0.2, -0.15) is 0 Å². The van der Waals surface area contributed by atoms with Crippen molar-refractivity contribution in [2.24, 2.45) is 0 Å². The maximum absolute atomic E-state index is 12.7. The molecule has 8 heteroatoms. The summed E-state index contributed by atoms with van der Waals surface area (Å²) >= 11 is 0. The Bertz CT molecular complexity index is 831. The molecule has 0 spiro atoms. The Morgan fingerprint density at radius 3 is 2.82 bits per heavy atom. The van der Waals surface area contributed by atoms with Crippen LogP contribution >= 0.6 is 0 Å². The smallest absolute Gasteiger partial charge is 0.251 e. The molecule has 1 aliphatic carbocycles. The van der Waals surface area contributed by atoms with E-state index in [9.17, 15) is 13.6 Å². The standard InChI is InChI=1S/C20H24F2N4O2/c21-19(22)11-24-14-2-4-15(5-3-14)25-20(27)13-1-6-18-16(9-13)17-10-23-12-26(17)7-8-28-18/h1,6,9-10,12,14-15,19,24H,2-5,7-8,11H2,(H,25,27). The number of benzene rings is 1. The minimum atomic E-state index is -2.33. The third-order valence-electron chi connectivity index (χ3n) is 5.44. The molecule has 2 aromatic rings. The van der Waals surface area contributed by atoms with Gasteiger partial charge in [-0.15, -0.1) is 0 Å². The number of imidazole rings is 1. The van der Waals surface area contributed by atoms with Gasteiger partial charge in [-0.05, 0) is 43.9 Å². The van der Waals surface area contributed by atoms with Gasteiger partial charge in [-0.25, -0.2) is 13.8 Å². The minimum absolute atomic E-state index is 0.0673. The number of carbonyl (C=O) groups is 1. The number of halogens is 2. The fourth-order valence-corrected chi connectivity index (χ4v) is 3.94. The molecule has 6 nitrogen and oxygen atoms in total. The predicted molar refractivity (Wildman–Crippen MR) is 101 cm³/mol. The van der Waals surface area contributed by atoms with Gasteiger partial charge >= 0.3 is 0 Å². The Morgan fingerprint density at radius 1 is 1.25 bits per heavy atom. The zero-order valence-electron chi connectivity index (χ0n) is 15.5. The van der Waals surface area contributed by atoms with Crippen LogP contribution in [0.1, 0.15) is 36.0 Å². The number of fused-ring (bicyclic) bond motifs is 3. The molecule has 1 fully saturated rings. The maximum Gasteiger partial charge on any atom is 0.251 e. The highest BCUT2D eigenvalue weighted by atomic mass is 19.3. The first-order valence-corrected chi connectivity index (χ1v) is 9.70. The second-order valence-electron chi connectivity index (χ2n) is 7.35. The van der Waals surface area contributed by atoms with E-state index in [0.717, 1.165) is 42.7 Å². The Labute approximate surface area is 162 Å². The van der Waals surface area contributed by atoms with Crippen molar-refractivity contribution < 1.29 is 18.3 Å². The number of rotatable bonds is 5. The van der Waals surface area contributed by atoms with Crippen LogP contribution in [0.2, 0.25) is 0 Å². The molecule has 4 rings (SSSR count). The first kappa shape index (κ1) is 18.9. The summed E-state index contributed by atoms with van der Waals surface area (Å²) in [5, 5.41) is 5.97. The van der Waals surface area contributed by atoms with Gasteiger partial charge in [0.15, 0.2) is 0 Å². The summed E-state index contributed by atoms with van der Waals surface area (Å²) in [7, 11) is 0. The van der Waals surface area contributed by atoms with E-state index in [-0.39, 0.29) is 24.5 Å². The first-order valence-electron chi connectivity index (χ1n) is 9.70. The van der Waals surface area contributed by atoms with Crippen LogP contribution in [0.15, 0.2) is 30.7 Å². The van der Waals surface area contributed by atoms with Crippen LogP contribution in [0.4, 0.5) is 8.78 Å². The lowest BCUT2D eigenvalue weighted by Gasteiger charge is -2.29. The number of ether oxygens (including phenoxy) is 1. The Balaban J connectivity index is 1.39. The molecule has 2 aliphatic rings. The van der Waals surface area contributed by atoms with E-state index in [1.165, 1.54) is 0 Å². The van der Waals surface area contributed by atoms with E-state index < -0.39 is 6.43 Å². The molecular formula is C20H24F2N4O2. The molecule has 150 valence electrons. The van der Waals surface area contributed by atoms with Crippen molar-refractivity contribution in [3.05, 3.63) is 36.3 Å². The molecule has 2 N–H and O–H groups in total. The number of hydrogen-bond acceptors (Lipinski definition) is 4. The van der Waals surface area contributed by atoms with E-state index in [0.29, 0.717) is 18.7 Å². The Kier molecular flexibility index (Phi) is 5.57. The van der Waals surface area contributed by atoms with Gasteiger partial charge in [0, 0.05) is 23.2 Å². The van der Waals surface area contributed by atoms with Crippen LogP contribution in [-0.2, 0) is 6.54 Å². The molecule has 28 heavy (non-hydrogen) atoms. The van der Waals surface area contributed by atoms with Crippen LogP contribution in [-0.4, -0.2) is 47.1 Å². The normalized spacial score (nSPS) is 21.4.